The number of aromatic nitrogens is 2. The van der Waals surface area contributed by atoms with E-state index >= 15 is 0 Å². The number of benzene rings is 1. The number of para-hydroxylation sites is 1. The van der Waals surface area contributed by atoms with Crippen molar-refractivity contribution in [3.8, 4) is 0 Å². The average Bonchev–Trinajstić information content (AvgIpc) is 2.83. The van der Waals surface area contributed by atoms with Gasteiger partial charge in [-0.1, -0.05) is 29.3 Å². The predicted octanol–water partition coefficient (Wildman–Crippen LogP) is 3.84. The van der Waals surface area contributed by atoms with Gasteiger partial charge in [-0.05, 0) is 18.2 Å². The Labute approximate surface area is 116 Å². The van der Waals surface area contributed by atoms with Gasteiger partial charge in [-0.25, -0.2) is 4.68 Å². The van der Waals surface area contributed by atoms with Crippen molar-refractivity contribution < 1.29 is 13.6 Å². The van der Waals surface area contributed by atoms with Crippen LogP contribution < -0.4 is 5.32 Å². The summed E-state index contributed by atoms with van der Waals surface area (Å²) in [4.78, 5) is 11.8. The minimum atomic E-state index is -2.80. The van der Waals surface area contributed by atoms with Crippen LogP contribution in [-0.2, 0) is 0 Å². The third-order valence-electron chi connectivity index (χ3n) is 2.24. The Kier molecular flexibility index (Phi) is 4.01. The summed E-state index contributed by atoms with van der Waals surface area (Å²) in [6.07, 6.45) is 1.01. The largest absolute Gasteiger partial charge is 0.333 e. The topological polar surface area (TPSA) is 46.9 Å². The zero-order valence-corrected chi connectivity index (χ0v) is 10.8. The first-order valence-corrected chi connectivity index (χ1v) is 5.83. The second kappa shape index (κ2) is 5.54. The molecule has 0 saturated heterocycles. The standard InChI is InChI=1S/C11H7Cl2F2N3O/c12-6-2-1-3-7(13)9(6)16-10(19)8-4-5-18(17-8)11(14)15/h1-5,11H,(H,16,19). The summed E-state index contributed by atoms with van der Waals surface area (Å²) in [5.74, 6) is -0.672. The minimum absolute atomic E-state index is 0.156. The van der Waals surface area contributed by atoms with Gasteiger partial charge in [0, 0.05) is 6.20 Å². The maximum Gasteiger partial charge on any atom is 0.333 e. The molecule has 0 aliphatic heterocycles. The molecule has 0 aliphatic rings. The van der Waals surface area contributed by atoms with Crippen molar-refractivity contribution in [1.29, 1.82) is 0 Å². The summed E-state index contributed by atoms with van der Waals surface area (Å²) in [5.41, 5.74) is 0.0544. The zero-order valence-electron chi connectivity index (χ0n) is 9.28. The summed E-state index contributed by atoms with van der Waals surface area (Å²) >= 11 is 11.7. The Morgan fingerprint density at radius 3 is 2.42 bits per heavy atom. The number of hydrogen-bond acceptors (Lipinski definition) is 2. The minimum Gasteiger partial charge on any atom is -0.318 e. The molecule has 0 atom stereocenters. The van der Waals surface area contributed by atoms with Crippen molar-refractivity contribution in [2.75, 3.05) is 5.32 Å². The molecule has 0 aliphatic carbocycles. The van der Waals surface area contributed by atoms with Gasteiger partial charge in [-0.3, -0.25) is 4.79 Å². The Balaban J connectivity index is 2.21. The average molecular weight is 306 g/mol. The molecule has 1 heterocycles. The monoisotopic (exact) mass is 305 g/mol. The van der Waals surface area contributed by atoms with Gasteiger partial charge in [0.25, 0.3) is 5.91 Å². The molecule has 0 bridgehead atoms. The molecule has 4 nitrogen and oxygen atoms in total. The SMILES string of the molecule is O=C(Nc1c(Cl)cccc1Cl)c1ccn(C(F)F)n1. The Morgan fingerprint density at radius 1 is 1.26 bits per heavy atom. The third-order valence-corrected chi connectivity index (χ3v) is 2.87. The number of anilines is 1. The normalized spacial score (nSPS) is 10.8. The zero-order chi connectivity index (χ0) is 14.0. The maximum absolute atomic E-state index is 12.3. The van der Waals surface area contributed by atoms with E-state index in [-0.39, 0.29) is 21.4 Å². The Hall–Kier alpha value is -1.66. The summed E-state index contributed by atoms with van der Waals surface area (Å²) in [7, 11) is 0. The van der Waals surface area contributed by atoms with Crippen molar-refractivity contribution in [3.05, 3.63) is 46.2 Å². The fraction of sp³-hybridized carbons (Fsp3) is 0.0909. The Bertz CT molecular complexity index is 595. The first kappa shape index (κ1) is 13.8. The molecule has 19 heavy (non-hydrogen) atoms. The highest BCUT2D eigenvalue weighted by Crippen LogP contribution is 2.30. The third kappa shape index (κ3) is 3.02. The summed E-state index contributed by atoms with van der Waals surface area (Å²) in [6, 6.07) is 5.87. The summed E-state index contributed by atoms with van der Waals surface area (Å²) in [6.45, 7) is -2.80. The van der Waals surface area contributed by atoms with Gasteiger partial charge in [-0.2, -0.15) is 13.9 Å². The van der Waals surface area contributed by atoms with E-state index in [1.807, 2.05) is 0 Å². The van der Waals surface area contributed by atoms with Gasteiger partial charge >= 0.3 is 6.55 Å². The molecular weight excluding hydrogens is 299 g/mol. The number of rotatable bonds is 3. The van der Waals surface area contributed by atoms with Crippen LogP contribution in [-0.4, -0.2) is 15.7 Å². The molecule has 1 N–H and O–H groups in total. The van der Waals surface area contributed by atoms with Crippen LogP contribution in [0.4, 0.5) is 14.5 Å². The highest BCUT2D eigenvalue weighted by Gasteiger charge is 2.15. The molecular formula is C11H7Cl2F2N3O. The van der Waals surface area contributed by atoms with E-state index in [2.05, 4.69) is 10.4 Å². The van der Waals surface area contributed by atoms with Gasteiger partial charge in [-0.15, -0.1) is 0 Å². The second-order valence-electron chi connectivity index (χ2n) is 3.51. The number of nitrogens with zero attached hydrogens (tertiary/aromatic N) is 2. The van der Waals surface area contributed by atoms with E-state index in [4.69, 9.17) is 23.2 Å². The van der Waals surface area contributed by atoms with Crippen LogP contribution in [0.5, 0.6) is 0 Å². The van der Waals surface area contributed by atoms with Crippen LogP contribution in [0.2, 0.25) is 10.0 Å². The fourth-order valence-corrected chi connectivity index (χ4v) is 1.85. The lowest BCUT2D eigenvalue weighted by atomic mass is 10.3. The molecule has 0 spiro atoms. The van der Waals surface area contributed by atoms with E-state index in [1.165, 1.54) is 6.07 Å². The molecule has 2 rings (SSSR count). The van der Waals surface area contributed by atoms with Crippen molar-refractivity contribution in [2.45, 2.75) is 6.55 Å². The van der Waals surface area contributed by atoms with Crippen molar-refractivity contribution in [1.82, 2.24) is 9.78 Å². The van der Waals surface area contributed by atoms with E-state index in [1.54, 1.807) is 18.2 Å². The van der Waals surface area contributed by atoms with E-state index in [0.29, 0.717) is 4.68 Å². The highest BCUT2D eigenvalue weighted by atomic mass is 35.5. The molecule has 1 aromatic carbocycles. The summed E-state index contributed by atoms with van der Waals surface area (Å²) in [5, 5.41) is 6.35. The van der Waals surface area contributed by atoms with E-state index in [0.717, 1.165) is 6.20 Å². The highest BCUT2D eigenvalue weighted by molar-refractivity contribution is 6.39. The molecule has 8 heteroatoms. The molecule has 0 fully saturated rings. The first-order chi connectivity index (χ1) is 8.99. The van der Waals surface area contributed by atoms with Crippen molar-refractivity contribution in [2.24, 2.45) is 0 Å². The van der Waals surface area contributed by atoms with Gasteiger partial charge in [0.2, 0.25) is 0 Å². The van der Waals surface area contributed by atoms with Crippen LogP contribution in [0.25, 0.3) is 0 Å². The second-order valence-corrected chi connectivity index (χ2v) is 4.32. The Morgan fingerprint density at radius 2 is 1.89 bits per heavy atom. The first-order valence-electron chi connectivity index (χ1n) is 5.07. The lowest BCUT2D eigenvalue weighted by Crippen LogP contribution is -2.14. The van der Waals surface area contributed by atoms with Gasteiger partial charge in [0.15, 0.2) is 5.69 Å². The molecule has 100 valence electrons. The van der Waals surface area contributed by atoms with Gasteiger partial charge in [0.05, 0.1) is 15.7 Å². The van der Waals surface area contributed by atoms with Crippen molar-refractivity contribution >= 4 is 34.8 Å². The molecule has 2 aromatic rings. The summed E-state index contributed by atoms with van der Waals surface area (Å²) < 4.78 is 25.0. The number of carbonyl (C=O) groups excluding carboxylic acids is 1. The van der Waals surface area contributed by atoms with Crippen LogP contribution in [0.15, 0.2) is 30.5 Å². The molecule has 1 amide bonds. The van der Waals surface area contributed by atoms with Gasteiger partial charge < -0.3 is 5.32 Å². The number of halogens is 4. The maximum atomic E-state index is 12.3. The number of carbonyl (C=O) groups is 1. The smallest absolute Gasteiger partial charge is 0.318 e. The molecule has 1 aromatic heterocycles. The molecule has 0 saturated carbocycles. The number of nitrogens with one attached hydrogen (secondary N) is 1. The van der Waals surface area contributed by atoms with E-state index in [9.17, 15) is 13.6 Å². The quantitative estimate of drug-likeness (QED) is 0.936. The van der Waals surface area contributed by atoms with Crippen LogP contribution >= 0.6 is 23.2 Å². The van der Waals surface area contributed by atoms with Crippen molar-refractivity contribution in [3.63, 3.8) is 0 Å². The molecule has 0 unspecified atom stereocenters. The van der Waals surface area contributed by atoms with Gasteiger partial charge in [0.1, 0.15) is 0 Å². The van der Waals surface area contributed by atoms with Crippen LogP contribution in [0, 0.1) is 0 Å². The lowest BCUT2D eigenvalue weighted by molar-refractivity contribution is 0.0561. The van der Waals surface area contributed by atoms with Crippen LogP contribution in [0.3, 0.4) is 0 Å². The van der Waals surface area contributed by atoms with E-state index < -0.39 is 12.5 Å². The number of amides is 1. The molecule has 0 radical (unpaired) electrons. The number of hydrogen-bond donors (Lipinski definition) is 1. The van der Waals surface area contributed by atoms with Crippen LogP contribution in [0.1, 0.15) is 17.0 Å². The number of alkyl halides is 2. The fourth-order valence-electron chi connectivity index (χ4n) is 1.36. The predicted molar refractivity (Wildman–Crippen MR) is 67.9 cm³/mol. The lowest BCUT2D eigenvalue weighted by Gasteiger charge is -2.07.